The van der Waals surface area contributed by atoms with Crippen molar-refractivity contribution in [2.45, 2.75) is 18.5 Å². The highest BCUT2D eigenvalue weighted by atomic mass is 35.5. The lowest BCUT2D eigenvalue weighted by Crippen LogP contribution is -2.60. The van der Waals surface area contributed by atoms with Gasteiger partial charge in [0, 0.05) is 19.1 Å². The SMILES string of the molecule is O=C(c1occc1Cl)N1CCC2NCC21. The van der Waals surface area contributed by atoms with E-state index in [-0.39, 0.29) is 11.7 Å². The zero-order valence-corrected chi connectivity index (χ0v) is 8.83. The van der Waals surface area contributed by atoms with E-state index in [0.29, 0.717) is 17.1 Å². The minimum Gasteiger partial charge on any atom is -0.458 e. The van der Waals surface area contributed by atoms with Gasteiger partial charge in [-0.3, -0.25) is 4.79 Å². The monoisotopic (exact) mass is 226 g/mol. The molecule has 0 aliphatic carbocycles. The second-order valence-corrected chi connectivity index (χ2v) is 4.37. The molecule has 4 nitrogen and oxygen atoms in total. The summed E-state index contributed by atoms with van der Waals surface area (Å²) in [4.78, 5) is 13.9. The first kappa shape index (κ1) is 9.24. The maximum absolute atomic E-state index is 12.0. The molecule has 5 heteroatoms. The summed E-state index contributed by atoms with van der Waals surface area (Å²) in [6.45, 7) is 1.67. The van der Waals surface area contributed by atoms with E-state index < -0.39 is 0 Å². The normalized spacial score (nSPS) is 28.7. The molecule has 2 fully saturated rings. The Balaban J connectivity index is 1.83. The Kier molecular flexibility index (Phi) is 2.00. The summed E-state index contributed by atoms with van der Waals surface area (Å²) in [7, 11) is 0. The lowest BCUT2D eigenvalue weighted by Gasteiger charge is -2.36. The summed E-state index contributed by atoms with van der Waals surface area (Å²) < 4.78 is 5.10. The van der Waals surface area contributed by atoms with Gasteiger partial charge in [0.2, 0.25) is 5.76 Å². The zero-order valence-electron chi connectivity index (χ0n) is 8.07. The van der Waals surface area contributed by atoms with Crippen molar-refractivity contribution in [1.82, 2.24) is 10.2 Å². The number of nitrogens with zero attached hydrogens (tertiary/aromatic N) is 1. The number of halogens is 1. The number of nitrogens with one attached hydrogen (secondary N) is 1. The molecule has 3 heterocycles. The number of fused-ring (bicyclic) bond motifs is 1. The Morgan fingerprint density at radius 3 is 3.07 bits per heavy atom. The second kappa shape index (κ2) is 3.25. The van der Waals surface area contributed by atoms with Crippen LogP contribution in [0.1, 0.15) is 17.0 Å². The van der Waals surface area contributed by atoms with Gasteiger partial charge in [-0.15, -0.1) is 0 Å². The molecular formula is C10H11ClN2O2. The van der Waals surface area contributed by atoms with Gasteiger partial charge in [0.1, 0.15) is 0 Å². The fourth-order valence-corrected chi connectivity index (χ4v) is 2.46. The third-order valence-corrected chi connectivity index (χ3v) is 3.50. The fourth-order valence-electron chi connectivity index (χ4n) is 2.28. The van der Waals surface area contributed by atoms with Crippen molar-refractivity contribution < 1.29 is 9.21 Å². The minimum atomic E-state index is -0.0843. The van der Waals surface area contributed by atoms with E-state index in [2.05, 4.69) is 5.32 Å². The van der Waals surface area contributed by atoms with Crippen LogP contribution in [0.25, 0.3) is 0 Å². The third kappa shape index (κ3) is 1.28. The molecule has 1 aromatic rings. The summed E-state index contributed by atoms with van der Waals surface area (Å²) in [5.74, 6) is 0.184. The molecule has 80 valence electrons. The predicted octanol–water partition coefficient (Wildman–Crippen LogP) is 1.12. The Morgan fingerprint density at radius 1 is 1.67 bits per heavy atom. The van der Waals surface area contributed by atoms with E-state index >= 15 is 0 Å². The van der Waals surface area contributed by atoms with Gasteiger partial charge in [-0.25, -0.2) is 0 Å². The summed E-state index contributed by atoms with van der Waals surface area (Å²) in [5.41, 5.74) is 0. The molecular weight excluding hydrogens is 216 g/mol. The highest BCUT2D eigenvalue weighted by Crippen LogP contribution is 2.28. The van der Waals surface area contributed by atoms with E-state index in [1.807, 2.05) is 4.90 Å². The number of hydrogen-bond acceptors (Lipinski definition) is 3. The summed E-state index contributed by atoms with van der Waals surface area (Å²) in [6, 6.07) is 2.41. The Labute approximate surface area is 92.2 Å². The minimum absolute atomic E-state index is 0.0843. The quantitative estimate of drug-likeness (QED) is 0.781. The van der Waals surface area contributed by atoms with Gasteiger partial charge in [-0.1, -0.05) is 11.6 Å². The van der Waals surface area contributed by atoms with Crippen LogP contribution in [0.4, 0.5) is 0 Å². The highest BCUT2D eigenvalue weighted by molar-refractivity contribution is 6.33. The van der Waals surface area contributed by atoms with Gasteiger partial charge in [-0.2, -0.15) is 0 Å². The summed E-state index contributed by atoms with van der Waals surface area (Å²) in [5, 5.41) is 3.69. The number of rotatable bonds is 1. The van der Waals surface area contributed by atoms with Crippen molar-refractivity contribution in [3.05, 3.63) is 23.1 Å². The number of furan rings is 1. The molecule has 2 unspecified atom stereocenters. The van der Waals surface area contributed by atoms with Crippen LogP contribution in [0.5, 0.6) is 0 Å². The molecule has 1 N–H and O–H groups in total. The maximum atomic E-state index is 12.0. The molecule has 0 bridgehead atoms. The van der Waals surface area contributed by atoms with Crippen molar-refractivity contribution >= 4 is 17.5 Å². The van der Waals surface area contributed by atoms with Crippen LogP contribution in [-0.2, 0) is 0 Å². The van der Waals surface area contributed by atoms with Crippen LogP contribution in [0.3, 0.4) is 0 Å². The lowest BCUT2D eigenvalue weighted by molar-refractivity contribution is 0.0647. The number of carbonyl (C=O) groups excluding carboxylic acids is 1. The molecule has 1 aromatic heterocycles. The molecule has 0 radical (unpaired) electrons. The van der Waals surface area contributed by atoms with Crippen LogP contribution >= 0.6 is 11.6 Å². The van der Waals surface area contributed by atoms with E-state index in [0.717, 1.165) is 19.5 Å². The number of likely N-dealkylation sites (tertiary alicyclic amines) is 1. The van der Waals surface area contributed by atoms with Crippen LogP contribution in [0.2, 0.25) is 5.02 Å². The predicted molar refractivity (Wildman–Crippen MR) is 55.0 cm³/mol. The van der Waals surface area contributed by atoms with Crippen LogP contribution in [0, 0.1) is 0 Å². The Hall–Kier alpha value is -1.00. The first-order valence-corrected chi connectivity index (χ1v) is 5.42. The van der Waals surface area contributed by atoms with Gasteiger partial charge < -0.3 is 14.6 Å². The van der Waals surface area contributed by atoms with Crippen LogP contribution in [-0.4, -0.2) is 36.0 Å². The van der Waals surface area contributed by atoms with Crippen molar-refractivity contribution in [2.24, 2.45) is 0 Å². The fraction of sp³-hybridized carbons (Fsp3) is 0.500. The molecule has 0 saturated carbocycles. The zero-order chi connectivity index (χ0) is 10.4. The van der Waals surface area contributed by atoms with E-state index in [4.69, 9.17) is 16.0 Å². The molecule has 1 amide bonds. The highest BCUT2D eigenvalue weighted by Gasteiger charge is 2.43. The van der Waals surface area contributed by atoms with Gasteiger partial charge >= 0.3 is 0 Å². The lowest BCUT2D eigenvalue weighted by atomic mass is 10.0. The van der Waals surface area contributed by atoms with Gasteiger partial charge in [0.25, 0.3) is 5.91 Å². The maximum Gasteiger partial charge on any atom is 0.291 e. The molecule has 2 atom stereocenters. The van der Waals surface area contributed by atoms with Crippen LogP contribution in [0.15, 0.2) is 16.7 Å². The van der Waals surface area contributed by atoms with Crippen molar-refractivity contribution in [1.29, 1.82) is 0 Å². The average molecular weight is 227 g/mol. The third-order valence-electron chi connectivity index (χ3n) is 3.21. The first-order valence-electron chi connectivity index (χ1n) is 5.05. The summed E-state index contributed by atoms with van der Waals surface area (Å²) in [6.07, 6.45) is 2.47. The van der Waals surface area contributed by atoms with E-state index in [1.54, 1.807) is 6.07 Å². The van der Waals surface area contributed by atoms with Crippen molar-refractivity contribution in [2.75, 3.05) is 13.1 Å². The molecule has 3 rings (SSSR count). The number of carbonyl (C=O) groups is 1. The van der Waals surface area contributed by atoms with E-state index in [1.165, 1.54) is 6.26 Å². The van der Waals surface area contributed by atoms with E-state index in [9.17, 15) is 4.79 Å². The average Bonchev–Trinajstić information content (AvgIpc) is 2.70. The van der Waals surface area contributed by atoms with Gasteiger partial charge in [0.05, 0.1) is 17.3 Å². The number of amides is 1. The van der Waals surface area contributed by atoms with Crippen LogP contribution < -0.4 is 5.32 Å². The molecule has 2 aliphatic rings. The molecule has 0 aromatic carbocycles. The standard InChI is InChI=1S/C10H11ClN2O2/c11-6-2-4-15-9(6)10(14)13-3-1-7-8(13)5-12-7/h2,4,7-8,12H,1,3,5H2. The molecule has 2 aliphatic heterocycles. The molecule has 2 saturated heterocycles. The Bertz CT molecular complexity index is 404. The Morgan fingerprint density at radius 2 is 2.53 bits per heavy atom. The second-order valence-electron chi connectivity index (χ2n) is 3.97. The largest absolute Gasteiger partial charge is 0.458 e. The van der Waals surface area contributed by atoms with Crippen molar-refractivity contribution in [3.63, 3.8) is 0 Å². The molecule has 0 spiro atoms. The van der Waals surface area contributed by atoms with Crippen molar-refractivity contribution in [3.8, 4) is 0 Å². The summed E-state index contributed by atoms with van der Waals surface area (Å²) >= 11 is 5.86. The topological polar surface area (TPSA) is 45.5 Å². The number of hydrogen-bond donors (Lipinski definition) is 1. The van der Waals surface area contributed by atoms with Gasteiger partial charge in [-0.05, 0) is 12.5 Å². The van der Waals surface area contributed by atoms with Gasteiger partial charge in [0.15, 0.2) is 0 Å². The smallest absolute Gasteiger partial charge is 0.291 e. The first-order chi connectivity index (χ1) is 7.27. The molecule has 15 heavy (non-hydrogen) atoms.